The van der Waals surface area contributed by atoms with Gasteiger partial charge < -0.3 is 10.1 Å². The molecule has 0 spiro atoms. The van der Waals surface area contributed by atoms with E-state index in [1.807, 2.05) is 6.92 Å². The number of nitrogens with zero attached hydrogens (tertiary/aromatic N) is 1. The molecule has 138 valence electrons. The van der Waals surface area contributed by atoms with Crippen LogP contribution < -0.4 is 15.4 Å². The van der Waals surface area contributed by atoms with Crippen molar-refractivity contribution in [3.63, 3.8) is 0 Å². The number of nitrogens with one attached hydrogen (secondary N) is 2. The number of benzene rings is 1. The Balaban J connectivity index is 0.000000293. The molecular weight excluding hydrogens is 346 g/mol. The van der Waals surface area contributed by atoms with Crippen LogP contribution in [0.15, 0.2) is 28.6 Å². The van der Waals surface area contributed by atoms with Gasteiger partial charge in [0.25, 0.3) is 0 Å². The van der Waals surface area contributed by atoms with Crippen LogP contribution in [-0.2, 0) is 21.7 Å². The average molecular weight is 369 g/mol. The third kappa shape index (κ3) is 7.79. The van der Waals surface area contributed by atoms with Gasteiger partial charge in [0.2, 0.25) is 5.91 Å². The van der Waals surface area contributed by atoms with Gasteiger partial charge in [-0.1, -0.05) is 19.1 Å². The highest BCUT2D eigenvalue weighted by Gasteiger charge is 2.41. The van der Waals surface area contributed by atoms with Gasteiger partial charge in [-0.05, 0) is 37.0 Å². The van der Waals surface area contributed by atoms with E-state index in [9.17, 15) is 18.0 Å². The molecule has 8 nitrogen and oxygen atoms in total. The number of hydrogen-bond acceptors (Lipinski definition) is 6. The predicted octanol–water partition coefficient (Wildman–Crippen LogP) is 1.68. The summed E-state index contributed by atoms with van der Waals surface area (Å²) in [7, 11) is 0.834. The van der Waals surface area contributed by atoms with E-state index in [0.29, 0.717) is 0 Å². The largest absolute Gasteiger partial charge is 0.497 e. The highest BCUT2D eigenvalue weighted by atomic mass is 32.2. The Kier molecular flexibility index (Phi) is 8.06. The Morgan fingerprint density at radius 2 is 1.84 bits per heavy atom. The molecule has 1 aliphatic rings. The van der Waals surface area contributed by atoms with Gasteiger partial charge in [0.05, 0.1) is 19.1 Å². The summed E-state index contributed by atoms with van der Waals surface area (Å²) in [6, 6.07) is 6.59. The van der Waals surface area contributed by atoms with Gasteiger partial charge >= 0.3 is 16.5 Å². The van der Waals surface area contributed by atoms with Crippen molar-refractivity contribution >= 4 is 22.4 Å². The van der Waals surface area contributed by atoms with Gasteiger partial charge in [0.1, 0.15) is 5.75 Å². The lowest BCUT2D eigenvalue weighted by Crippen LogP contribution is -2.38. The molecule has 1 aromatic rings. The fourth-order valence-electron chi connectivity index (χ4n) is 1.97. The lowest BCUT2D eigenvalue weighted by molar-refractivity contribution is -0.119. The Bertz CT molecular complexity index is 717. The summed E-state index contributed by atoms with van der Waals surface area (Å²) in [5.74, 6) is 0.389. The van der Waals surface area contributed by atoms with Crippen molar-refractivity contribution < 1.29 is 22.7 Å². The number of carbonyl (C=O) groups excluding carboxylic acids is 2. The van der Waals surface area contributed by atoms with Crippen LogP contribution in [0.2, 0.25) is 0 Å². The highest BCUT2D eigenvalue weighted by Crippen LogP contribution is 2.42. The monoisotopic (exact) mass is 369 g/mol. The van der Waals surface area contributed by atoms with Crippen molar-refractivity contribution in [2.75, 3.05) is 14.2 Å². The number of hydrogen-bond donors (Lipinski definition) is 2. The molecule has 2 rings (SSSR count). The Morgan fingerprint density at radius 1 is 1.24 bits per heavy atom. The average Bonchev–Trinajstić information content (AvgIpc) is 3.35. The Hall–Kier alpha value is -2.42. The molecule has 0 saturated heterocycles. The SMILES string of the molecule is CCC1(N=S(=O)=O)CC1.CNC(=O)NC(=O)Cc1ccc(OC)cc1. The summed E-state index contributed by atoms with van der Waals surface area (Å²) in [6.07, 6.45) is 2.90. The second kappa shape index (κ2) is 9.77. The Labute approximate surface area is 148 Å². The van der Waals surface area contributed by atoms with Crippen LogP contribution in [-0.4, -0.2) is 40.1 Å². The topological polar surface area (TPSA) is 114 Å². The van der Waals surface area contributed by atoms with E-state index < -0.39 is 16.5 Å². The first-order valence-electron chi connectivity index (χ1n) is 7.81. The first-order chi connectivity index (χ1) is 11.8. The fraction of sp³-hybridized carbons (Fsp3) is 0.500. The van der Waals surface area contributed by atoms with Crippen molar-refractivity contribution in [3.05, 3.63) is 29.8 Å². The molecule has 0 atom stereocenters. The highest BCUT2D eigenvalue weighted by molar-refractivity contribution is 7.61. The van der Waals surface area contributed by atoms with Crippen LogP contribution in [0.3, 0.4) is 0 Å². The van der Waals surface area contributed by atoms with E-state index in [1.165, 1.54) is 7.05 Å². The molecule has 25 heavy (non-hydrogen) atoms. The summed E-state index contributed by atoms with van der Waals surface area (Å²) in [5.41, 5.74) is 0.647. The molecule has 2 N–H and O–H groups in total. The quantitative estimate of drug-likeness (QED) is 0.820. The maximum absolute atomic E-state index is 11.3. The van der Waals surface area contributed by atoms with Gasteiger partial charge in [0.15, 0.2) is 0 Å². The van der Waals surface area contributed by atoms with E-state index in [1.54, 1.807) is 31.4 Å². The van der Waals surface area contributed by atoms with Crippen LogP contribution in [0.25, 0.3) is 0 Å². The second-order valence-corrected chi connectivity index (χ2v) is 6.16. The molecule has 1 aliphatic carbocycles. The molecule has 0 heterocycles. The van der Waals surface area contributed by atoms with Crippen molar-refractivity contribution in [1.82, 2.24) is 10.6 Å². The standard InChI is InChI=1S/C11H14N2O3.C5H9NO2S/c1-12-11(15)13-10(14)7-8-3-5-9(16-2)6-4-8;1-2-5(3-4-5)6-9(7)8/h3-6H,7H2,1-2H3,(H2,12,13,14,15);2-4H2,1H3. The molecule has 9 heteroatoms. The van der Waals surface area contributed by atoms with E-state index in [-0.39, 0.29) is 17.9 Å². The van der Waals surface area contributed by atoms with Crippen LogP contribution in [0, 0.1) is 0 Å². The number of carbonyl (C=O) groups is 2. The first kappa shape index (κ1) is 20.6. The number of amides is 3. The molecule has 0 unspecified atom stereocenters. The number of imide groups is 1. The third-order valence-corrected chi connectivity index (χ3v) is 4.29. The lowest BCUT2D eigenvalue weighted by atomic mass is 10.1. The van der Waals surface area contributed by atoms with Gasteiger partial charge in [-0.2, -0.15) is 12.8 Å². The minimum atomic E-state index is -2.20. The van der Waals surface area contributed by atoms with E-state index in [0.717, 1.165) is 30.6 Å². The van der Waals surface area contributed by atoms with Crippen molar-refractivity contribution in [1.29, 1.82) is 0 Å². The maximum Gasteiger partial charge on any atom is 0.321 e. The number of ether oxygens (including phenoxy) is 1. The minimum absolute atomic E-state index is 0.164. The van der Waals surface area contributed by atoms with Crippen molar-refractivity contribution in [3.8, 4) is 5.75 Å². The normalized spacial score (nSPS) is 13.6. The third-order valence-electron chi connectivity index (χ3n) is 3.76. The van der Waals surface area contributed by atoms with Crippen LogP contribution >= 0.6 is 0 Å². The van der Waals surface area contributed by atoms with Crippen LogP contribution in [0.1, 0.15) is 31.7 Å². The summed E-state index contributed by atoms with van der Waals surface area (Å²) >= 11 is 0. The lowest BCUT2D eigenvalue weighted by Gasteiger charge is -2.04. The predicted molar refractivity (Wildman–Crippen MR) is 92.9 cm³/mol. The number of rotatable bonds is 5. The first-order valence-corrected chi connectivity index (χ1v) is 8.84. The summed E-state index contributed by atoms with van der Waals surface area (Å²) in [6.45, 7) is 1.96. The maximum atomic E-state index is 11.3. The van der Waals surface area contributed by atoms with Gasteiger partial charge in [-0.25, -0.2) is 4.79 Å². The number of urea groups is 1. The molecule has 0 bridgehead atoms. The summed E-state index contributed by atoms with van der Waals surface area (Å²) < 4.78 is 28.6. The molecule has 0 aliphatic heterocycles. The zero-order valence-electron chi connectivity index (χ0n) is 14.5. The second-order valence-electron chi connectivity index (χ2n) is 5.54. The molecule has 1 saturated carbocycles. The molecular formula is C16H23N3O5S. The smallest absolute Gasteiger partial charge is 0.321 e. The molecule has 3 amide bonds. The summed E-state index contributed by atoms with van der Waals surface area (Å²) in [4.78, 5) is 22.2. The summed E-state index contributed by atoms with van der Waals surface area (Å²) in [5, 5.41) is 4.50. The van der Waals surface area contributed by atoms with Crippen molar-refractivity contribution in [2.24, 2.45) is 4.36 Å². The van der Waals surface area contributed by atoms with Crippen LogP contribution in [0.4, 0.5) is 4.79 Å². The van der Waals surface area contributed by atoms with Gasteiger partial charge in [-0.15, -0.1) is 0 Å². The molecule has 0 radical (unpaired) electrons. The molecule has 0 aromatic heterocycles. The van der Waals surface area contributed by atoms with E-state index in [2.05, 4.69) is 15.0 Å². The van der Waals surface area contributed by atoms with E-state index in [4.69, 9.17) is 4.74 Å². The fourth-order valence-corrected chi connectivity index (χ4v) is 2.60. The van der Waals surface area contributed by atoms with E-state index >= 15 is 0 Å². The molecule has 1 aromatic carbocycles. The molecule has 1 fully saturated rings. The number of methoxy groups -OCH3 is 1. The zero-order valence-corrected chi connectivity index (χ0v) is 15.4. The van der Waals surface area contributed by atoms with Crippen LogP contribution in [0.5, 0.6) is 5.75 Å². The Morgan fingerprint density at radius 3 is 2.20 bits per heavy atom. The van der Waals surface area contributed by atoms with Gasteiger partial charge in [0, 0.05) is 7.05 Å². The van der Waals surface area contributed by atoms with Gasteiger partial charge in [-0.3, -0.25) is 10.1 Å². The minimum Gasteiger partial charge on any atom is -0.497 e. The zero-order chi connectivity index (χ0) is 18.9. The van der Waals surface area contributed by atoms with Crippen molar-refractivity contribution in [2.45, 2.75) is 38.1 Å².